The summed E-state index contributed by atoms with van der Waals surface area (Å²) in [6, 6.07) is 0. The van der Waals surface area contributed by atoms with Gasteiger partial charge in [0.15, 0.2) is 0 Å². The molecule has 3 N–H and O–H groups in total. The Hall–Kier alpha value is -1.45. The summed E-state index contributed by atoms with van der Waals surface area (Å²) in [4.78, 5) is 10.5. The first-order chi connectivity index (χ1) is 5.06. The maximum absolute atomic E-state index is 10.5. The molecule has 0 aromatic heterocycles. The van der Waals surface area contributed by atoms with Crippen molar-refractivity contribution < 1.29 is 9.90 Å². The number of nitrogens with two attached hydrogens (primary N) is 1. The Balaban J connectivity index is 4.44. The number of carbonyl (C=O) groups is 1. The first kappa shape index (κ1) is 9.55. The maximum atomic E-state index is 10.5. The van der Waals surface area contributed by atoms with Crippen molar-refractivity contribution in [3.8, 4) is 24.7 Å². The number of terminal acetylenes is 2. The molecule has 0 aromatic carbocycles. The highest BCUT2D eigenvalue weighted by Crippen LogP contribution is 2.10. The minimum Gasteiger partial charge on any atom is -0.480 e. The third kappa shape index (κ3) is 2.33. The van der Waals surface area contributed by atoms with Crippen molar-refractivity contribution in [2.24, 2.45) is 5.73 Å². The SMILES string of the molecule is C#CCC(N)(CC#C)C(=O)O. The third-order valence-electron chi connectivity index (χ3n) is 1.26. The molecule has 0 aromatic rings. The minimum atomic E-state index is -1.45. The zero-order valence-electron chi connectivity index (χ0n) is 6.00. The average molecular weight is 151 g/mol. The zero-order valence-corrected chi connectivity index (χ0v) is 6.00. The Kier molecular flexibility index (Phi) is 3.17. The monoisotopic (exact) mass is 151 g/mol. The summed E-state index contributed by atoms with van der Waals surface area (Å²) in [5, 5.41) is 8.58. The van der Waals surface area contributed by atoms with E-state index in [1.54, 1.807) is 0 Å². The van der Waals surface area contributed by atoms with Gasteiger partial charge >= 0.3 is 5.97 Å². The van der Waals surface area contributed by atoms with Gasteiger partial charge in [0.25, 0.3) is 0 Å². The van der Waals surface area contributed by atoms with Crippen LogP contribution in [0.15, 0.2) is 0 Å². The van der Waals surface area contributed by atoms with E-state index in [0.29, 0.717) is 0 Å². The highest BCUT2D eigenvalue weighted by molar-refractivity contribution is 5.79. The molecule has 3 nitrogen and oxygen atoms in total. The van der Waals surface area contributed by atoms with Gasteiger partial charge in [-0.1, -0.05) is 0 Å². The predicted molar refractivity (Wildman–Crippen MR) is 41.5 cm³/mol. The van der Waals surface area contributed by atoms with Crippen LogP contribution in [0.2, 0.25) is 0 Å². The topological polar surface area (TPSA) is 63.3 Å². The van der Waals surface area contributed by atoms with Crippen molar-refractivity contribution in [2.75, 3.05) is 0 Å². The molecule has 0 unspecified atom stereocenters. The van der Waals surface area contributed by atoms with Crippen LogP contribution in [0.1, 0.15) is 12.8 Å². The van der Waals surface area contributed by atoms with E-state index < -0.39 is 11.5 Å². The Morgan fingerprint density at radius 1 is 1.45 bits per heavy atom. The third-order valence-corrected chi connectivity index (χ3v) is 1.26. The van der Waals surface area contributed by atoms with Crippen LogP contribution in [0.3, 0.4) is 0 Å². The molecule has 0 aliphatic heterocycles. The summed E-state index contributed by atoms with van der Waals surface area (Å²) in [5.41, 5.74) is 3.92. The first-order valence-corrected chi connectivity index (χ1v) is 2.96. The van der Waals surface area contributed by atoms with Crippen LogP contribution < -0.4 is 5.73 Å². The largest absolute Gasteiger partial charge is 0.480 e. The molecule has 3 heteroatoms. The molecule has 0 amide bonds. The van der Waals surface area contributed by atoms with E-state index in [9.17, 15) is 4.79 Å². The van der Waals surface area contributed by atoms with Crippen LogP contribution in [0.25, 0.3) is 0 Å². The number of hydrogen-bond donors (Lipinski definition) is 2. The summed E-state index contributed by atoms with van der Waals surface area (Å²) >= 11 is 0. The fourth-order valence-electron chi connectivity index (χ4n) is 0.578. The summed E-state index contributed by atoms with van der Waals surface area (Å²) in [6.45, 7) is 0. The van der Waals surface area contributed by atoms with Crippen molar-refractivity contribution in [1.29, 1.82) is 0 Å². The molecule has 0 bridgehead atoms. The quantitative estimate of drug-likeness (QED) is 0.550. The Bertz CT molecular complexity index is 215. The Morgan fingerprint density at radius 2 is 1.82 bits per heavy atom. The van der Waals surface area contributed by atoms with Crippen molar-refractivity contribution in [3.05, 3.63) is 0 Å². The highest BCUT2D eigenvalue weighted by atomic mass is 16.4. The maximum Gasteiger partial charge on any atom is 0.325 e. The molecule has 58 valence electrons. The van der Waals surface area contributed by atoms with Crippen molar-refractivity contribution in [3.63, 3.8) is 0 Å². The second-order valence-electron chi connectivity index (χ2n) is 2.22. The second kappa shape index (κ2) is 3.65. The summed E-state index contributed by atoms with van der Waals surface area (Å²) < 4.78 is 0. The Morgan fingerprint density at radius 3 is 2.00 bits per heavy atom. The van der Waals surface area contributed by atoms with Crippen LogP contribution in [-0.2, 0) is 4.79 Å². The van der Waals surface area contributed by atoms with Crippen molar-refractivity contribution >= 4 is 5.97 Å². The van der Waals surface area contributed by atoms with E-state index >= 15 is 0 Å². The summed E-state index contributed by atoms with van der Waals surface area (Å²) in [5.74, 6) is 3.19. The van der Waals surface area contributed by atoms with E-state index in [2.05, 4.69) is 11.8 Å². The van der Waals surface area contributed by atoms with Crippen LogP contribution in [0.5, 0.6) is 0 Å². The van der Waals surface area contributed by atoms with Gasteiger partial charge in [-0.2, -0.15) is 0 Å². The average Bonchev–Trinajstić information content (AvgIpc) is 1.88. The van der Waals surface area contributed by atoms with Gasteiger partial charge in [-0.25, -0.2) is 0 Å². The molecule has 0 aliphatic rings. The number of rotatable bonds is 3. The molecule has 0 aliphatic carbocycles. The van der Waals surface area contributed by atoms with Gasteiger partial charge in [0.2, 0.25) is 0 Å². The lowest BCUT2D eigenvalue weighted by atomic mass is 9.93. The van der Waals surface area contributed by atoms with E-state index in [1.807, 2.05) is 0 Å². The van der Waals surface area contributed by atoms with Gasteiger partial charge in [-0.3, -0.25) is 4.79 Å². The molecule has 0 saturated heterocycles. The minimum absolute atomic E-state index is 0.0491. The molecular weight excluding hydrogens is 142 g/mol. The molecule has 11 heavy (non-hydrogen) atoms. The molecule has 0 radical (unpaired) electrons. The van der Waals surface area contributed by atoms with Gasteiger partial charge in [-0.15, -0.1) is 24.7 Å². The van der Waals surface area contributed by atoms with Crippen molar-refractivity contribution in [2.45, 2.75) is 18.4 Å². The van der Waals surface area contributed by atoms with Crippen molar-refractivity contribution in [1.82, 2.24) is 0 Å². The number of carboxylic acid groups (broad SMARTS) is 1. The van der Waals surface area contributed by atoms with Crippen LogP contribution in [0, 0.1) is 24.7 Å². The fourth-order valence-corrected chi connectivity index (χ4v) is 0.578. The Labute approximate surface area is 65.6 Å². The van der Waals surface area contributed by atoms with Gasteiger partial charge in [0.05, 0.1) is 0 Å². The molecule has 0 atom stereocenters. The molecule has 0 saturated carbocycles. The van der Waals surface area contributed by atoms with Crippen LogP contribution in [0.4, 0.5) is 0 Å². The highest BCUT2D eigenvalue weighted by Gasteiger charge is 2.31. The van der Waals surface area contributed by atoms with Gasteiger partial charge < -0.3 is 10.8 Å². The molecule has 0 fully saturated rings. The predicted octanol–water partition coefficient (Wildman–Crippen LogP) is -0.185. The first-order valence-electron chi connectivity index (χ1n) is 2.96. The number of carboxylic acids is 1. The van der Waals surface area contributed by atoms with E-state index in [1.165, 1.54) is 0 Å². The van der Waals surface area contributed by atoms with Gasteiger partial charge in [-0.05, 0) is 0 Å². The van der Waals surface area contributed by atoms with Crippen LogP contribution >= 0.6 is 0 Å². The normalized spacial score (nSPS) is 9.73. The lowest BCUT2D eigenvalue weighted by molar-refractivity contribution is -0.142. The van der Waals surface area contributed by atoms with Crippen LogP contribution in [-0.4, -0.2) is 16.6 Å². The van der Waals surface area contributed by atoms with E-state index in [0.717, 1.165) is 0 Å². The molecule has 0 spiro atoms. The molecule has 0 rings (SSSR count). The lowest BCUT2D eigenvalue weighted by Gasteiger charge is -2.18. The molecular formula is C8H9NO2. The number of hydrogen-bond acceptors (Lipinski definition) is 2. The fraction of sp³-hybridized carbons (Fsp3) is 0.375. The van der Waals surface area contributed by atoms with Gasteiger partial charge in [0.1, 0.15) is 5.54 Å². The summed E-state index contributed by atoms with van der Waals surface area (Å²) in [7, 11) is 0. The second-order valence-corrected chi connectivity index (χ2v) is 2.22. The summed E-state index contributed by atoms with van der Waals surface area (Å²) in [6.07, 6.45) is 9.74. The smallest absolute Gasteiger partial charge is 0.325 e. The van der Waals surface area contributed by atoms with E-state index in [-0.39, 0.29) is 12.8 Å². The standard InChI is InChI=1S/C8H9NO2/c1-3-5-8(9,6-4-2)7(10)11/h1-2H,5-6,9H2,(H,10,11). The number of aliphatic carboxylic acids is 1. The molecule has 0 heterocycles. The lowest BCUT2D eigenvalue weighted by Crippen LogP contribution is -2.47. The zero-order chi connectivity index (χ0) is 8.91. The van der Waals surface area contributed by atoms with Gasteiger partial charge in [0, 0.05) is 12.8 Å². The van der Waals surface area contributed by atoms with E-state index in [4.69, 9.17) is 23.7 Å².